The lowest BCUT2D eigenvalue weighted by Crippen LogP contribution is -2.13. The molecule has 0 saturated heterocycles. The van der Waals surface area contributed by atoms with Gasteiger partial charge < -0.3 is 5.73 Å². The van der Waals surface area contributed by atoms with Crippen molar-refractivity contribution in [3.8, 4) is 0 Å². The van der Waals surface area contributed by atoms with E-state index in [0.29, 0.717) is 0 Å². The van der Waals surface area contributed by atoms with Crippen LogP contribution >= 0.6 is 27.3 Å². The van der Waals surface area contributed by atoms with Gasteiger partial charge in [-0.1, -0.05) is 32.0 Å². The zero-order valence-electron chi connectivity index (χ0n) is 11.7. The summed E-state index contributed by atoms with van der Waals surface area (Å²) < 4.78 is 1.18. The third-order valence-corrected chi connectivity index (χ3v) is 5.74. The zero-order valence-corrected chi connectivity index (χ0v) is 14.1. The van der Waals surface area contributed by atoms with Crippen molar-refractivity contribution in [2.45, 2.75) is 39.7 Å². The van der Waals surface area contributed by atoms with E-state index in [1.165, 1.54) is 30.9 Å². The molecule has 0 aliphatic rings. The van der Waals surface area contributed by atoms with Gasteiger partial charge in [0.2, 0.25) is 0 Å². The molecule has 102 valence electrons. The highest BCUT2D eigenvalue weighted by molar-refractivity contribution is 9.11. The second-order valence-electron chi connectivity index (χ2n) is 4.82. The minimum atomic E-state index is -0.0172. The number of hydrogen-bond donors (Lipinski definition) is 1. The Morgan fingerprint density at radius 3 is 2.47 bits per heavy atom. The molecule has 2 aromatic rings. The SMILES string of the molecule is CCc1ccc(CC)c(C(N)c2cc(C)c(Br)s2)c1. The van der Waals surface area contributed by atoms with E-state index in [1.807, 2.05) is 0 Å². The van der Waals surface area contributed by atoms with E-state index in [4.69, 9.17) is 5.73 Å². The van der Waals surface area contributed by atoms with Crippen molar-refractivity contribution >= 4 is 27.3 Å². The summed E-state index contributed by atoms with van der Waals surface area (Å²) in [6.45, 7) is 6.48. The van der Waals surface area contributed by atoms with Gasteiger partial charge in [-0.3, -0.25) is 0 Å². The molecule has 1 nitrogen and oxygen atoms in total. The summed E-state index contributed by atoms with van der Waals surface area (Å²) in [5.74, 6) is 0. The van der Waals surface area contributed by atoms with Crippen LogP contribution in [0, 0.1) is 6.92 Å². The highest BCUT2D eigenvalue weighted by Gasteiger charge is 2.16. The number of halogens is 1. The molecule has 1 aromatic heterocycles. The van der Waals surface area contributed by atoms with Gasteiger partial charge in [0.25, 0.3) is 0 Å². The van der Waals surface area contributed by atoms with Crippen molar-refractivity contribution in [1.82, 2.24) is 0 Å². The molecular weight excluding hydrogens is 318 g/mol. The fourth-order valence-electron chi connectivity index (χ4n) is 2.27. The molecule has 1 heterocycles. The van der Waals surface area contributed by atoms with E-state index in [-0.39, 0.29) is 6.04 Å². The predicted molar refractivity (Wildman–Crippen MR) is 88.0 cm³/mol. The van der Waals surface area contributed by atoms with Gasteiger partial charge in [0, 0.05) is 4.88 Å². The number of benzene rings is 1. The van der Waals surface area contributed by atoms with Crippen molar-refractivity contribution in [2.75, 3.05) is 0 Å². The minimum Gasteiger partial charge on any atom is -0.320 e. The molecule has 19 heavy (non-hydrogen) atoms. The maximum Gasteiger partial charge on any atom is 0.0731 e. The lowest BCUT2D eigenvalue weighted by molar-refractivity contribution is 0.862. The number of aryl methyl sites for hydroxylation is 3. The van der Waals surface area contributed by atoms with E-state index in [1.54, 1.807) is 11.3 Å². The summed E-state index contributed by atoms with van der Waals surface area (Å²) in [4.78, 5) is 1.23. The summed E-state index contributed by atoms with van der Waals surface area (Å²) in [5.41, 5.74) is 11.7. The quantitative estimate of drug-likeness (QED) is 0.835. The van der Waals surface area contributed by atoms with E-state index in [0.717, 1.165) is 12.8 Å². The molecule has 0 aliphatic carbocycles. The van der Waals surface area contributed by atoms with Crippen LogP contribution < -0.4 is 5.73 Å². The first kappa shape index (κ1) is 14.8. The summed E-state index contributed by atoms with van der Waals surface area (Å²) in [7, 11) is 0. The van der Waals surface area contributed by atoms with Gasteiger partial charge in [0.1, 0.15) is 0 Å². The molecule has 0 aliphatic heterocycles. The van der Waals surface area contributed by atoms with Gasteiger partial charge in [-0.2, -0.15) is 0 Å². The van der Waals surface area contributed by atoms with Gasteiger partial charge >= 0.3 is 0 Å². The molecule has 1 aromatic carbocycles. The van der Waals surface area contributed by atoms with E-state index >= 15 is 0 Å². The second-order valence-corrected chi connectivity index (χ2v) is 7.23. The van der Waals surface area contributed by atoms with Gasteiger partial charge in [-0.05, 0) is 64.0 Å². The standard InChI is InChI=1S/C16H20BrNS/c1-4-11-6-7-12(5-2)13(9-11)15(18)14-8-10(3)16(17)19-14/h6-9,15H,4-5,18H2,1-3H3. The Labute approximate surface area is 128 Å². The minimum absolute atomic E-state index is 0.0172. The molecule has 0 radical (unpaired) electrons. The van der Waals surface area contributed by atoms with Crippen LogP contribution in [0.3, 0.4) is 0 Å². The molecule has 0 spiro atoms. The summed E-state index contributed by atoms with van der Waals surface area (Å²) in [6, 6.07) is 8.88. The highest BCUT2D eigenvalue weighted by atomic mass is 79.9. The van der Waals surface area contributed by atoms with Crippen LogP contribution in [-0.2, 0) is 12.8 Å². The second kappa shape index (κ2) is 6.21. The largest absolute Gasteiger partial charge is 0.320 e. The van der Waals surface area contributed by atoms with Crippen molar-refractivity contribution in [3.05, 3.63) is 55.2 Å². The van der Waals surface area contributed by atoms with Crippen LogP contribution in [0.2, 0.25) is 0 Å². The third-order valence-electron chi connectivity index (χ3n) is 3.52. The average molecular weight is 338 g/mol. The Bertz CT molecular complexity index is 555. The monoisotopic (exact) mass is 337 g/mol. The van der Waals surface area contributed by atoms with Crippen LogP contribution in [0.25, 0.3) is 0 Å². The molecule has 2 rings (SSSR count). The Balaban J connectivity index is 2.44. The Morgan fingerprint density at radius 1 is 1.21 bits per heavy atom. The van der Waals surface area contributed by atoms with Crippen molar-refractivity contribution in [3.63, 3.8) is 0 Å². The van der Waals surface area contributed by atoms with E-state index < -0.39 is 0 Å². The van der Waals surface area contributed by atoms with Gasteiger partial charge in [0.05, 0.1) is 9.83 Å². The van der Waals surface area contributed by atoms with Crippen LogP contribution in [0.4, 0.5) is 0 Å². The molecule has 1 atom stereocenters. The Morgan fingerprint density at radius 2 is 1.95 bits per heavy atom. The topological polar surface area (TPSA) is 26.0 Å². The number of hydrogen-bond acceptors (Lipinski definition) is 2. The normalized spacial score (nSPS) is 12.7. The van der Waals surface area contributed by atoms with Gasteiger partial charge in [-0.25, -0.2) is 0 Å². The van der Waals surface area contributed by atoms with Crippen LogP contribution in [-0.4, -0.2) is 0 Å². The zero-order chi connectivity index (χ0) is 14.0. The first-order chi connectivity index (χ1) is 9.06. The van der Waals surface area contributed by atoms with Crippen LogP contribution in [0.1, 0.15) is 47.0 Å². The van der Waals surface area contributed by atoms with Gasteiger partial charge in [0.15, 0.2) is 0 Å². The highest BCUT2D eigenvalue weighted by Crippen LogP contribution is 2.34. The Hall–Kier alpha value is -0.640. The molecule has 0 fully saturated rings. The van der Waals surface area contributed by atoms with Crippen molar-refractivity contribution in [2.24, 2.45) is 5.73 Å². The van der Waals surface area contributed by atoms with E-state index in [9.17, 15) is 0 Å². The third kappa shape index (κ3) is 3.10. The van der Waals surface area contributed by atoms with Crippen molar-refractivity contribution < 1.29 is 0 Å². The van der Waals surface area contributed by atoms with Gasteiger partial charge in [-0.15, -0.1) is 11.3 Å². The summed E-state index contributed by atoms with van der Waals surface area (Å²) in [6.07, 6.45) is 2.08. The van der Waals surface area contributed by atoms with Crippen LogP contribution in [0.15, 0.2) is 28.1 Å². The molecular formula is C16H20BrNS. The maximum absolute atomic E-state index is 6.49. The predicted octanol–water partition coefficient (Wildman–Crippen LogP) is 4.99. The van der Waals surface area contributed by atoms with Crippen LogP contribution in [0.5, 0.6) is 0 Å². The van der Waals surface area contributed by atoms with E-state index in [2.05, 4.69) is 61.0 Å². The fraction of sp³-hybridized carbons (Fsp3) is 0.375. The molecule has 3 heteroatoms. The number of thiophene rings is 1. The smallest absolute Gasteiger partial charge is 0.0731 e. The fourth-order valence-corrected chi connectivity index (χ4v) is 3.86. The average Bonchev–Trinajstić information content (AvgIpc) is 2.77. The molecule has 0 amide bonds. The molecule has 0 saturated carbocycles. The van der Waals surface area contributed by atoms with Crippen molar-refractivity contribution in [1.29, 1.82) is 0 Å². The lowest BCUT2D eigenvalue weighted by atomic mass is 9.95. The molecule has 2 N–H and O–H groups in total. The summed E-state index contributed by atoms with van der Waals surface area (Å²) >= 11 is 5.33. The lowest BCUT2D eigenvalue weighted by Gasteiger charge is -2.16. The number of rotatable bonds is 4. The Kier molecular flexibility index (Phi) is 4.82. The first-order valence-corrected chi connectivity index (χ1v) is 8.30. The molecule has 1 unspecified atom stereocenters. The first-order valence-electron chi connectivity index (χ1n) is 6.69. The maximum atomic E-state index is 6.49. The molecule has 0 bridgehead atoms. The number of nitrogens with two attached hydrogens (primary N) is 1. The summed E-state index contributed by atoms with van der Waals surface area (Å²) in [5, 5.41) is 0.